The van der Waals surface area contributed by atoms with Crippen LogP contribution >= 0.6 is 27.5 Å². The van der Waals surface area contributed by atoms with Crippen LogP contribution in [0.4, 0.5) is 21.5 Å². The number of nitriles is 1. The summed E-state index contributed by atoms with van der Waals surface area (Å²) in [4.78, 5) is 6.97. The van der Waals surface area contributed by atoms with Gasteiger partial charge in [0.1, 0.15) is 17.6 Å². The number of hydrogen-bond acceptors (Lipinski definition) is 7. The Balaban J connectivity index is 1.32. The van der Waals surface area contributed by atoms with E-state index >= 15 is 0 Å². The monoisotopic (exact) mass is 596 g/mol. The highest BCUT2D eigenvalue weighted by atomic mass is 79.9. The summed E-state index contributed by atoms with van der Waals surface area (Å²) < 4.78 is 16.3. The van der Waals surface area contributed by atoms with Gasteiger partial charge in [0.25, 0.3) is 0 Å². The van der Waals surface area contributed by atoms with Crippen molar-refractivity contribution < 1.29 is 4.39 Å². The van der Waals surface area contributed by atoms with Gasteiger partial charge in [-0.05, 0) is 72.2 Å². The molecule has 0 atom stereocenters. The van der Waals surface area contributed by atoms with E-state index in [-0.39, 0.29) is 5.02 Å². The Morgan fingerprint density at radius 3 is 2.66 bits per heavy atom. The number of nitrogens with one attached hydrogen (secondary N) is 2. The third-order valence-corrected chi connectivity index (χ3v) is 7.53. The van der Waals surface area contributed by atoms with Crippen LogP contribution in [0.15, 0.2) is 47.2 Å². The average Bonchev–Trinajstić information content (AvgIpc) is 3.21. The number of halogens is 3. The molecule has 2 N–H and O–H groups in total. The molecule has 0 bridgehead atoms. The third kappa shape index (κ3) is 6.23. The van der Waals surface area contributed by atoms with E-state index in [4.69, 9.17) is 11.6 Å². The maximum Gasteiger partial charge on any atom is 0.141 e. The number of nitrogens with zero attached hydrogens (tertiary/aromatic N) is 6. The number of hydrogen-bond donors (Lipinski definition) is 2. The molecule has 1 fully saturated rings. The highest BCUT2D eigenvalue weighted by Gasteiger charge is 2.15. The van der Waals surface area contributed by atoms with Crippen LogP contribution in [-0.2, 0) is 13.1 Å². The standard InChI is InChI=1S/C27H27BrClFN8/c28-23-12-20(32-16-21-17-38(36-35-21)10-9-37-7-3-1-2-4-8-37)11-22-26(18(14-31)15-33-27(22)23)34-19-5-6-25(30)24(29)13-19/h5-6,11-13,15,17,32H,1-4,7-10,16H2,(H,33,34). The molecule has 4 aromatic rings. The topological polar surface area (TPSA) is 94.7 Å². The number of pyridine rings is 1. The zero-order valence-corrected chi connectivity index (χ0v) is 23.1. The highest BCUT2D eigenvalue weighted by molar-refractivity contribution is 9.10. The van der Waals surface area contributed by atoms with Gasteiger partial charge in [0.15, 0.2) is 0 Å². The van der Waals surface area contributed by atoms with Crippen molar-refractivity contribution >= 4 is 55.5 Å². The van der Waals surface area contributed by atoms with E-state index in [1.54, 1.807) is 6.07 Å². The predicted octanol–water partition coefficient (Wildman–Crippen LogP) is 6.48. The lowest BCUT2D eigenvalue weighted by molar-refractivity contribution is 0.267. The molecule has 1 aliphatic heterocycles. The molecule has 5 rings (SSSR count). The van der Waals surface area contributed by atoms with Gasteiger partial charge in [-0.2, -0.15) is 5.26 Å². The Hall–Kier alpha value is -3.26. The first-order valence-electron chi connectivity index (χ1n) is 12.6. The molecule has 38 heavy (non-hydrogen) atoms. The van der Waals surface area contributed by atoms with Gasteiger partial charge < -0.3 is 15.5 Å². The SMILES string of the molecule is N#Cc1cnc2c(Br)cc(NCc3cn(CCN4CCCCCC4)nn3)cc2c1Nc1ccc(F)c(Cl)c1. The van der Waals surface area contributed by atoms with Crippen molar-refractivity contribution in [2.24, 2.45) is 0 Å². The zero-order valence-electron chi connectivity index (χ0n) is 20.7. The van der Waals surface area contributed by atoms with Crippen LogP contribution in [0.3, 0.4) is 0 Å². The molecule has 0 spiro atoms. The summed E-state index contributed by atoms with van der Waals surface area (Å²) in [6.45, 7) is 4.61. The molecule has 0 radical (unpaired) electrons. The van der Waals surface area contributed by atoms with Crippen LogP contribution in [0.2, 0.25) is 5.02 Å². The fraction of sp³-hybridized carbons (Fsp3) is 0.333. The summed E-state index contributed by atoms with van der Waals surface area (Å²) in [5, 5.41) is 25.7. The summed E-state index contributed by atoms with van der Waals surface area (Å²) in [6, 6.07) is 10.4. The zero-order chi connectivity index (χ0) is 26.5. The third-order valence-electron chi connectivity index (χ3n) is 6.64. The Morgan fingerprint density at radius 2 is 1.89 bits per heavy atom. The molecule has 196 valence electrons. The molecule has 11 heteroatoms. The van der Waals surface area contributed by atoms with Gasteiger partial charge in [-0.1, -0.05) is 29.7 Å². The second kappa shape index (κ2) is 12.1. The normalized spacial score (nSPS) is 14.3. The van der Waals surface area contributed by atoms with E-state index in [0.717, 1.165) is 47.4 Å². The number of rotatable bonds is 8. The predicted molar refractivity (Wildman–Crippen MR) is 151 cm³/mol. The number of benzene rings is 2. The number of fused-ring (bicyclic) bond motifs is 1. The molecule has 0 aliphatic carbocycles. The highest BCUT2D eigenvalue weighted by Crippen LogP contribution is 2.35. The number of aromatic nitrogens is 4. The molecule has 2 aromatic carbocycles. The fourth-order valence-electron chi connectivity index (χ4n) is 4.62. The molecule has 0 unspecified atom stereocenters. The van der Waals surface area contributed by atoms with E-state index in [0.29, 0.717) is 29.0 Å². The van der Waals surface area contributed by atoms with Gasteiger partial charge in [0.05, 0.1) is 41.1 Å². The maximum atomic E-state index is 13.7. The first-order valence-corrected chi connectivity index (χ1v) is 13.8. The quantitative estimate of drug-likeness (QED) is 0.240. The van der Waals surface area contributed by atoms with Crippen LogP contribution in [0.1, 0.15) is 36.9 Å². The van der Waals surface area contributed by atoms with Crippen LogP contribution in [-0.4, -0.2) is 44.5 Å². The summed E-state index contributed by atoms with van der Waals surface area (Å²) in [6.07, 6.45) is 8.68. The molecule has 2 aromatic heterocycles. The Kier molecular flexibility index (Phi) is 8.37. The van der Waals surface area contributed by atoms with Crippen LogP contribution < -0.4 is 10.6 Å². The molecule has 0 saturated carbocycles. The van der Waals surface area contributed by atoms with E-state index in [1.807, 2.05) is 23.0 Å². The van der Waals surface area contributed by atoms with Gasteiger partial charge in [0.2, 0.25) is 0 Å². The molecular formula is C27H27BrClFN8. The summed E-state index contributed by atoms with van der Waals surface area (Å²) in [5.74, 6) is -0.509. The van der Waals surface area contributed by atoms with Gasteiger partial charge in [-0.15, -0.1) is 5.10 Å². The summed E-state index contributed by atoms with van der Waals surface area (Å²) in [5.41, 5.74) is 3.82. The minimum Gasteiger partial charge on any atom is -0.379 e. The smallest absolute Gasteiger partial charge is 0.141 e. The van der Waals surface area contributed by atoms with Gasteiger partial charge in [0, 0.05) is 34.0 Å². The fourth-order valence-corrected chi connectivity index (χ4v) is 5.37. The van der Waals surface area contributed by atoms with Crippen molar-refractivity contribution in [1.82, 2.24) is 24.9 Å². The maximum absolute atomic E-state index is 13.7. The first-order chi connectivity index (χ1) is 18.5. The Labute approximate surface area is 233 Å². The average molecular weight is 598 g/mol. The second-order valence-corrected chi connectivity index (χ2v) is 10.6. The largest absolute Gasteiger partial charge is 0.379 e. The summed E-state index contributed by atoms with van der Waals surface area (Å²) in [7, 11) is 0. The number of likely N-dealkylation sites (tertiary alicyclic amines) is 1. The van der Waals surface area contributed by atoms with E-state index in [2.05, 4.69) is 52.8 Å². The van der Waals surface area contributed by atoms with Gasteiger partial charge in [-0.3, -0.25) is 9.67 Å². The lowest BCUT2D eigenvalue weighted by atomic mass is 10.1. The molecule has 1 aliphatic rings. The lowest BCUT2D eigenvalue weighted by Gasteiger charge is -2.19. The van der Waals surface area contributed by atoms with E-state index in [9.17, 15) is 9.65 Å². The molecular weight excluding hydrogens is 571 g/mol. The van der Waals surface area contributed by atoms with E-state index in [1.165, 1.54) is 44.0 Å². The van der Waals surface area contributed by atoms with Crippen molar-refractivity contribution in [1.29, 1.82) is 5.26 Å². The minimum atomic E-state index is -0.509. The number of anilines is 3. The molecule has 8 nitrogen and oxygen atoms in total. The molecule has 1 saturated heterocycles. The van der Waals surface area contributed by atoms with Gasteiger partial charge in [-0.25, -0.2) is 4.39 Å². The Bertz CT molecular complexity index is 1480. The first kappa shape index (κ1) is 26.4. The lowest BCUT2D eigenvalue weighted by Crippen LogP contribution is -2.28. The van der Waals surface area contributed by atoms with Crippen molar-refractivity contribution in [3.05, 3.63) is 69.3 Å². The van der Waals surface area contributed by atoms with Crippen molar-refractivity contribution in [2.75, 3.05) is 30.3 Å². The van der Waals surface area contributed by atoms with Crippen molar-refractivity contribution in [2.45, 2.75) is 38.8 Å². The van der Waals surface area contributed by atoms with Gasteiger partial charge >= 0.3 is 0 Å². The minimum absolute atomic E-state index is 0.00474. The van der Waals surface area contributed by atoms with Crippen molar-refractivity contribution in [3.63, 3.8) is 0 Å². The van der Waals surface area contributed by atoms with Crippen LogP contribution in [0.25, 0.3) is 10.9 Å². The van der Waals surface area contributed by atoms with Crippen LogP contribution in [0.5, 0.6) is 0 Å². The molecule has 3 heterocycles. The second-order valence-electron chi connectivity index (χ2n) is 9.35. The van der Waals surface area contributed by atoms with Crippen LogP contribution in [0, 0.1) is 17.1 Å². The Morgan fingerprint density at radius 1 is 1.08 bits per heavy atom. The van der Waals surface area contributed by atoms with Crippen molar-refractivity contribution in [3.8, 4) is 6.07 Å². The molecule has 0 amide bonds. The summed E-state index contributed by atoms with van der Waals surface area (Å²) >= 11 is 9.57. The van der Waals surface area contributed by atoms with E-state index < -0.39 is 5.82 Å².